The van der Waals surface area contributed by atoms with Crippen LogP contribution in [0.4, 0.5) is 17.1 Å². The Balaban J connectivity index is 1.32. The Hall–Kier alpha value is -5.14. The van der Waals surface area contributed by atoms with Gasteiger partial charge < -0.3 is 4.90 Å². The summed E-state index contributed by atoms with van der Waals surface area (Å²) in [6, 6.07) is 53.5. The summed E-state index contributed by atoms with van der Waals surface area (Å²) in [5.74, 6) is 0. The molecule has 0 aliphatic heterocycles. The molecule has 0 amide bonds. The molecule has 7 rings (SSSR count). The smallest absolute Gasteiger partial charge is 0.0629 e. The molecule has 0 radical (unpaired) electrons. The molecule has 0 aliphatic carbocycles. The van der Waals surface area contributed by atoms with Gasteiger partial charge in [0.25, 0.3) is 0 Å². The molecule has 1 heteroatoms. The number of hydrogen-bond donors (Lipinski definition) is 0. The number of rotatable bonds is 5. The average molecular weight is 499 g/mol. The Labute approximate surface area is 230 Å². The molecule has 0 unspecified atom stereocenters. The van der Waals surface area contributed by atoms with Crippen molar-refractivity contribution in [1.29, 1.82) is 0 Å². The molecule has 0 spiro atoms. The number of nitrogens with zero attached hydrogens (tertiary/aromatic N) is 1. The molecule has 0 saturated carbocycles. The maximum absolute atomic E-state index is 8.75. The van der Waals surface area contributed by atoms with Crippen molar-refractivity contribution < 1.29 is 1.37 Å². The van der Waals surface area contributed by atoms with Crippen LogP contribution in [0.5, 0.6) is 0 Å². The molecule has 0 atom stereocenters. The summed E-state index contributed by atoms with van der Waals surface area (Å²) >= 11 is 0. The van der Waals surface area contributed by atoms with Crippen LogP contribution >= 0.6 is 0 Å². The van der Waals surface area contributed by atoms with Gasteiger partial charge in [-0.25, -0.2) is 0 Å². The highest BCUT2D eigenvalue weighted by Crippen LogP contribution is 2.41. The van der Waals surface area contributed by atoms with Crippen molar-refractivity contribution in [2.24, 2.45) is 0 Å². The lowest BCUT2D eigenvalue weighted by molar-refractivity contribution is 1.30. The molecule has 0 fully saturated rings. The van der Waals surface area contributed by atoms with E-state index in [2.05, 4.69) is 138 Å². The van der Waals surface area contributed by atoms with E-state index in [9.17, 15) is 0 Å². The van der Waals surface area contributed by atoms with Gasteiger partial charge in [-0.05, 0) is 74.5 Å². The van der Waals surface area contributed by atoms with Crippen LogP contribution in [0.1, 0.15) is 12.5 Å². The third kappa shape index (κ3) is 4.45. The zero-order valence-corrected chi connectivity index (χ0v) is 21.5. The molecular formula is C38H27N. The fraction of sp³-hybridized carbons (Fsp3) is 0. The third-order valence-corrected chi connectivity index (χ3v) is 7.31. The van der Waals surface area contributed by atoms with Gasteiger partial charge in [-0.15, -0.1) is 0 Å². The van der Waals surface area contributed by atoms with E-state index in [0.717, 1.165) is 33.6 Å². The first-order valence-corrected chi connectivity index (χ1v) is 13.3. The summed E-state index contributed by atoms with van der Waals surface area (Å²) in [7, 11) is 0. The first-order valence-electron chi connectivity index (χ1n) is 13.8. The van der Waals surface area contributed by atoms with Crippen molar-refractivity contribution >= 4 is 61.5 Å². The maximum Gasteiger partial charge on any atom is 0.0629 e. The monoisotopic (exact) mass is 498 g/mol. The molecule has 1 nitrogen and oxygen atoms in total. The molecule has 0 bridgehead atoms. The normalized spacial score (nSPS) is 12.1. The Morgan fingerprint density at radius 1 is 0.436 bits per heavy atom. The van der Waals surface area contributed by atoms with Gasteiger partial charge >= 0.3 is 0 Å². The Bertz CT molecular complexity index is 2010. The number of benzene rings is 7. The second-order valence-corrected chi connectivity index (χ2v) is 9.78. The van der Waals surface area contributed by atoms with E-state index in [-0.39, 0.29) is 0 Å². The van der Waals surface area contributed by atoms with Gasteiger partial charge in [-0.3, -0.25) is 0 Å². The summed E-state index contributed by atoms with van der Waals surface area (Å²) in [5, 5.41) is 7.25. The standard InChI is InChI=1S/C38H27N/c1-2-13-33(14-3-1)39(38-27-32-12-6-7-15-35(32)36-16-8-9-17-37(36)38)34-24-21-28(22-25-34)18-19-29-20-23-30-10-4-5-11-31(30)26-29/h1-27H/b19-18+/i19D. The highest BCUT2D eigenvalue weighted by molar-refractivity contribution is 6.14. The minimum absolute atomic E-state index is 0.499. The molecule has 0 heterocycles. The highest BCUT2D eigenvalue weighted by atomic mass is 15.1. The number of para-hydroxylation sites is 1. The predicted molar refractivity (Wildman–Crippen MR) is 169 cm³/mol. The second-order valence-electron chi connectivity index (χ2n) is 9.78. The molecule has 0 N–H and O–H groups in total. The molecule has 0 aliphatic rings. The van der Waals surface area contributed by atoms with E-state index in [1.165, 1.54) is 26.9 Å². The van der Waals surface area contributed by atoms with Crippen molar-refractivity contribution in [2.75, 3.05) is 4.90 Å². The molecule has 0 aromatic heterocycles. The first-order chi connectivity index (χ1) is 19.7. The van der Waals surface area contributed by atoms with Gasteiger partial charge in [0, 0.05) is 16.8 Å². The fourth-order valence-electron chi connectivity index (χ4n) is 5.39. The summed E-state index contributed by atoms with van der Waals surface area (Å²) in [4.78, 5) is 2.33. The summed E-state index contributed by atoms with van der Waals surface area (Å²) in [6.07, 6.45) is 1.94. The van der Waals surface area contributed by atoms with E-state index in [0.29, 0.717) is 6.05 Å². The van der Waals surface area contributed by atoms with Crippen LogP contribution in [0.25, 0.3) is 44.4 Å². The Morgan fingerprint density at radius 2 is 1.03 bits per heavy atom. The average Bonchev–Trinajstić information content (AvgIpc) is 3.02. The van der Waals surface area contributed by atoms with Gasteiger partial charge in [0.15, 0.2) is 0 Å². The highest BCUT2D eigenvalue weighted by Gasteiger charge is 2.16. The second kappa shape index (κ2) is 9.96. The number of anilines is 3. The van der Waals surface area contributed by atoms with Gasteiger partial charge in [-0.2, -0.15) is 0 Å². The Kier molecular flexibility index (Phi) is 5.59. The summed E-state index contributed by atoms with van der Waals surface area (Å²) in [6.45, 7) is 0. The van der Waals surface area contributed by atoms with Gasteiger partial charge in [0.1, 0.15) is 0 Å². The van der Waals surface area contributed by atoms with Crippen molar-refractivity contribution in [3.05, 3.63) is 163 Å². The minimum atomic E-state index is 0.499. The van der Waals surface area contributed by atoms with Gasteiger partial charge in [0.05, 0.1) is 7.06 Å². The van der Waals surface area contributed by atoms with Crippen molar-refractivity contribution in [1.82, 2.24) is 0 Å². The van der Waals surface area contributed by atoms with E-state index >= 15 is 0 Å². The Morgan fingerprint density at radius 3 is 1.82 bits per heavy atom. The third-order valence-electron chi connectivity index (χ3n) is 7.31. The van der Waals surface area contributed by atoms with Crippen LogP contribution < -0.4 is 4.90 Å². The fourth-order valence-corrected chi connectivity index (χ4v) is 5.39. The summed E-state index contributed by atoms with van der Waals surface area (Å²) in [5.41, 5.74) is 5.22. The van der Waals surface area contributed by atoms with Crippen LogP contribution in [0.2, 0.25) is 0 Å². The predicted octanol–water partition coefficient (Wildman–Crippen LogP) is 10.8. The summed E-state index contributed by atoms with van der Waals surface area (Å²) < 4.78 is 8.75. The van der Waals surface area contributed by atoms with Crippen LogP contribution in [0.15, 0.2) is 152 Å². The van der Waals surface area contributed by atoms with E-state index < -0.39 is 0 Å². The van der Waals surface area contributed by atoms with Crippen molar-refractivity contribution in [2.45, 2.75) is 0 Å². The van der Waals surface area contributed by atoms with E-state index in [1.54, 1.807) is 0 Å². The largest absolute Gasteiger partial charge is 0.310 e. The van der Waals surface area contributed by atoms with Crippen molar-refractivity contribution in [3.8, 4) is 0 Å². The van der Waals surface area contributed by atoms with Gasteiger partial charge in [-0.1, -0.05) is 127 Å². The zero-order chi connectivity index (χ0) is 26.9. The van der Waals surface area contributed by atoms with Crippen LogP contribution in [0.3, 0.4) is 0 Å². The number of hydrogen-bond acceptors (Lipinski definition) is 1. The zero-order valence-electron chi connectivity index (χ0n) is 22.5. The van der Waals surface area contributed by atoms with Crippen molar-refractivity contribution in [3.63, 3.8) is 0 Å². The minimum Gasteiger partial charge on any atom is -0.310 e. The lowest BCUT2D eigenvalue weighted by atomic mass is 9.99. The lowest BCUT2D eigenvalue weighted by Crippen LogP contribution is -2.10. The molecule has 39 heavy (non-hydrogen) atoms. The van der Waals surface area contributed by atoms with E-state index in [1.807, 2.05) is 24.3 Å². The van der Waals surface area contributed by atoms with Crippen LogP contribution in [0, 0.1) is 0 Å². The lowest BCUT2D eigenvalue weighted by Gasteiger charge is -2.27. The molecule has 184 valence electrons. The SMILES string of the molecule is [2H]/C(=C\c1ccc(N(c2ccccc2)c2cc3ccccc3c3ccccc23)cc1)c1ccc2ccccc2c1. The quantitative estimate of drug-likeness (QED) is 0.168. The topological polar surface area (TPSA) is 3.24 Å². The molecular weight excluding hydrogens is 470 g/mol. The van der Waals surface area contributed by atoms with Crippen LogP contribution in [-0.2, 0) is 0 Å². The van der Waals surface area contributed by atoms with Gasteiger partial charge in [0.2, 0.25) is 0 Å². The molecule has 0 saturated heterocycles. The maximum atomic E-state index is 8.75. The van der Waals surface area contributed by atoms with E-state index in [4.69, 9.17) is 1.37 Å². The molecule has 7 aromatic rings. The first kappa shape index (κ1) is 21.9. The molecule has 7 aromatic carbocycles. The van der Waals surface area contributed by atoms with Crippen LogP contribution in [-0.4, -0.2) is 0 Å². The number of fused-ring (bicyclic) bond motifs is 4.